The number of likely N-dealkylation sites (tertiary alicyclic amines) is 1. The van der Waals surface area contributed by atoms with Crippen LogP contribution in [0.2, 0.25) is 0 Å². The summed E-state index contributed by atoms with van der Waals surface area (Å²) in [5.74, 6) is -0.516. The minimum absolute atomic E-state index is 0.169. The van der Waals surface area contributed by atoms with Crippen molar-refractivity contribution in [2.75, 3.05) is 19.7 Å². The minimum Gasteiger partial charge on any atom is -0.494 e. The number of nitrogens with zero attached hydrogens (tertiary/aromatic N) is 1. The summed E-state index contributed by atoms with van der Waals surface area (Å²) in [6.07, 6.45) is 3.11. The Balaban J connectivity index is 1.80. The van der Waals surface area contributed by atoms with Gasteiger partial charge in [-0.1, -0.05) is 6.92 Å². The normalized spacial score (nSPS) is 17.5. The van der Waals surface area contributed by atoms with Gasteiger partial charge in [-0.2, -0.15) is 0 Å². The molecule has 0 saturated carbocycles. The Labute approximate surface area is 166 Å². The zero-order valence-electron chi connectivity index (χ0n) is 16.9. The van der Waals surface area contributed by atoms with E-state index >= 15 is 0 Å². The van der Waals surface area contributed by atoms with Crippen LogP contribution in [-0.4, -0.2) is 54.5 Å². The molecule has 1 saturated heterocycles. The molecule has 0 spiro atoms. The fourth-order valence-corrected chi connectivity index (χ4v) is 3.36. The number of rotatable bonds is 8. The van der Waals surface area contributed by atoms with Crippen LogP contribution in [0.15, 0.2) is 24.3 Å². The number of piperidine rings is 1. The van der Waals surface area contributed by atoms with Gasteiger partial charge in [-0.15, -0.1) is 0 Å². The molecular weight excluding hydrogens is 360 g/mol. The molecule has 1 aromatic rings. The third kappa shape index (κ3) is 5.97. The first-order valence-corrected chi connectivity index (χ1v) is 9.97. The molecule has 1 aliphatic rings. The van der Waals surface area contributed by atoms with Crippen molar-refractivity contribution >= 4 is 17.8 Å². The van der Waals surface area contributed by atoms with E-state index in [1.165, 1.54) is 0 Å². The van der Waals surface area contributed by atoms with Crippen LogP contribution in [0.5, 0.6) is 5.75 Å². The lowest BCUT2D eigenvalue weighted by atomic mass is 9.99. The molecule has 1 N–H and O–H groups in total. The van der Waals surface area contributed by atoms with Gasteiger partial charge < -0.3 is 19.7 Å². The quantitative estimate of drug-likeness (QED) is 0.690. The fourth-order valence-electron chi connectivity index (χ4n) is 3.36. The van der Waals surface area contributed by atoms with E-state index in [1.54, 1.807) is 31.2 Å². The third-order valence-corrected chi connectivity index (χ3v) is 4.86. The molecule has 7 heteroatoms. The highest BCUT2D eigenvalue weighted by Crippen LogP contribution is 2.20. The highest BCUT2D eigenvalue weighted by Gasteiger charge is 2.30. The predicted octanol–water partition coefficient (Wildman–Crippen LogP) is 2.54. The van der Waals surface area contributed by atoms with Crippen molar-refractivity contribution in [1.29, 1.82) is 0 Å². The SMILES string of the molecule is CCOc1ccc(C(=O)NCC(=O)OC(C)C(=O)N2CCCCC2CC)cc1. The molecule has 0 bridgehead atoms. The molecule has 28 heavy (non-hydrogen) atoms. The van der Waals surface area contributed by atoms with Gasteiger partial charge in [0.1, 0.15) is 12.3 Å². The number of hydrogen-bond acceptors (Lipinski definition) is 5. The summed E-state index contributed by atoms with van der Waals surface area (Å²) in [4.78, 5) is 38.6. The number of carbonyl (C=O) groups is 3. The van der Waals surface area contributed by atoms with Gasteiger partial charge in [0.05, 0.1) is 6.61 Å². The Kier molecular flexibility index (Phi) is 8.29. The van der Waals surface area contributed by atoms with Crippen LogP contribution in [0.3, 0.4) is 0 Å². The molecule has 2 unspecified atom stereocenters. The number of hydrogen-bond donors (Lipinski definition) is 1. The molecule has 1 heterocycles. The van der Waals surface area contributed by atoms with Gasteiger partial charge in [0, 0.05) is 18.2 Å². The van der Waals surface area contributed by atoms with Gasteiger partial charge in [-0.3, -0.25) is 14.4 Å². The highest BCUT2D eigenvalue weighted by atomic mass is 16.5. The maximum absolute atomic E-state index is 12.6. The molecule has 1 aromatic carbocycles. The number of benzene rings is 1. The maximum Gasteiger partial charge on any atom is 0.326 e. The monoisotopic (exact) mass is 390 g/mol. The van der Waals surface area contributed by atoms with E-state index in [9.17, 15) is 14.4 Å². The van der Waals surface area contributed by atoms with Gasteiger partial charge in [0.2, 0.25) is 0 Å². The summed E-state index contributed by atoms with van der Waals surface area (Å²) in [6, 6.07) is 6.85. The van der Waals surface area contributed by atoms with Gasteiger partial charge in [0.15, 0.2) is 6.10 Å². The van der Waals surface area contributed by atoms with Crippen molar-refractivity contribution in [1.82, 2.24) is 10.2 Å². The second kappa shape index (κ2) is 10.7. The number of nitrogens with one attached hydrogen (secondary N) is 1. The van der Waals surface area contributed by atoms with Crippen molar-refractivity contribution in [3.05, 3.63) is 29.8 Å². The van der Waals surface area contributed by atoms with E-state index in [2.05, 4.69) is 12.2 Å². The van der Waals surface area contributed by atoms with Gasteiger partial charge in [0.25, 0.3) is 11.8 Å². The van der Waals surface area contributed by atoms with Crippen molar-refractivity contribution in [3.8, 4) is 5.75 Å². The smallest absolute Gasteiger partial charge is 0.326 e. The molecule has 0 aromatic heterocycles. The van der Waals surface area contributed by atoms with Gasteiger partial charge >= 0.3 is 5.97 Å². The Bertz CT molecular complexity index is 674. The lowest BCUT2D eigenvalue weighted by Crippen LogP contribution is -2.48. The van der Waals surface area contributed by atoms with E-state index in [-0.39, 0.29) is 24.4 Å². The Morgan fingerprint density at radius 2 is 1.89 bits per heavy atom. The van der Waals surface area contributed by atoms with Crippen LogP contribution in [0.4, 0.5) is 0 Å². The molecule has 2 amide bonds. The third-order valence-electron chi connectivity index (χ3n) is 4.86. The molecule has 2 atom stereocenters. The number of carbonyl (C=O) groups excluding carboxylic acids is 3. The highest BCUT2D eigenvalue weighted by molar-refractivity contribution is 5.96. The van der Waals surface area contributed by atoms with Crippen LogP contribution < -0.4 is 10.1 Å². The lowest BCUT2D eigenvalue weighted by molar-refractivity contribution is -0.160. The number of ether oxygens (including phenoxy) is 2. The molecule has 1 aliphatic heterocycles. The maximum atomic E-state index is 12.6. The summed E-state index contributed by atoms with van der Waals surface area (Å²) in [5.41, 5.74) is 0.416. The number of amides is 2. The molecule has 7 nitrogen and oxygen atoms in total. The molecule has 0 aliphatic carbocycles. The van der Waals surface area contributed by atoms with E-state index in [0.717, 1.165) is 25.7 Å². The molecule has 0 radical (unpaired) electrons. The largest absolute Gasteiger partial charge is 0.494 e. The summed E-state index contributed by atoms with van der Waals surface area (Å²) in [5, 5.41) is 2.51. The van der Waals surface area contributed by atoms with Gasteiger partial charge in [-0.25, -0.2) is 0 Å². The first-order chi connectivity index (χ1) is 13.5. The fraction of sp³-hybridized carbons (Fsp3) is 0.571. The molecular formula is C21H30N2O5. The van der Waals surface area contributed by atoms with E-state index in [0.29, 0.717) is 24.5 Å². The molecule has 1 fully saturated rings. The second-order valence-corrected chi connectivity index (χ2v) is 6.86. The first-order valence-electron chi connectivity index (χ1n) is 9.97. The van der Waals surface area contributed by atoms with E-state index in [1.807, 2.05) is 11.8 Å². The van der Waals surface area contributed by atoms with Crippen molar-refractivity contribution in [3.63, 3.8) is 0 Å². The van der Waals surface area contributed by atoms with Crippen LogP contribution in [0.1, 0.15) is 56.8 Å². The van der Waals surface area contributed by atoms with Crippen molar-refractivity contribution in [2.45, 2.75) is 58.6 Å². The Morgan fingerprint density at radius 1 is 1.18 bits per heavy atom. The summed E-state index contributed by atoms with van der Waals surface area (Å²) < 4.78 is 10.6. The zero-order chi connectivity index (χ0) is 20.5. The number of esters is 1. The first kappa shape index (κ1) is 21.7. The van der Waals surface area contributed by atoms with Crippen LogP contribution in [0.25, 0.3) is 0 Å². The molecule has 2 rings (SSSR count). The van der Waals surface area contributed by atoms with E-state index in [4.69, 9.17) is 9.47 Å². The second-order valence-electron chi connectivity index (χ2n) is 6.86. The Hall–Kier alpha value is -2.57. The average molecular weight is 390 g/mol. The predicted molar refractivity (Wildman–Crippen MR) is 105 cm³/mol. The minimum atomic E-state index is -0.859. The summed E-state index contributed by atoms with van der Waals surface area (Å²) >= 11 is 0. The van der Waals surface area contributed by atoms with Crippen LogP contribution in [0, 0.1) is 0 Å². The Morgan fingerprint density at radius 3 is 2.54 bits per heavy atom. The van der Waals surface area contributed by atoms with Crippen LogP contribution in [-0.2, 0) is 14.3 Å². The van der Waals surface area contributed by atoms with Gasteiger partial charge in [-0.05, 0) is 63.8 Å². The van der Waals surface area contributed by atoms with Crippen LogP contribution >= 0.6 is 0 Å². The standard InChI is InChI=1S/C21H30N2O5/c1-4-17-8-6-7-13-23(17)21(26)15(3)28-19(24)14-22-20(25)16-9-11-18(12-10-16)27-5-2/h9-12,15,17H,4-8,13-14H2,1-3H3,(H,22,25). The van der Waals surface area contributed by atoms with E-state index < -0.39 is 12.1 Å². The van der Waals surface area contributed by atoms with Crippen molar-refractivity contribution in [2.24, 2.45) is 0 Å². The summed E-state index contributed by atoms with van der Waals surface area (Å²) in [7, 11) is 0. The van der Waals surface area contributed by atoms with Crippen molar-refractivity contribution < 1.29 is 23.9 Å². The average Bonchev–Trinajstić information content (AvgIpc) is 2.72. The topological polar surface area (TPSA) is 84.9 Å². The lowest BCUT2D eigenvalue weighted by Gasteiger charge is -2.36. The summed E-state index contributed by atoms with van der Waals surface area (Å²) in [6.45, 7) is 6.48. The zero-order valence-corrected chi connectivity index (χ0v) is 16.9. The molecule has 154 valence electrons.